The summed E-state index contributed by atoms with van der Waals surface area (Å²) < 4.78 is 33.4. The quantitative estimate of drug-likeness (QED) is 0.895. The fraction of sp³-hybridized carbons (Fsp3) is 0.235. The molecular formula is C17H18N2O4S. The molecule has 6 nitrogen and oxygen atoms in total. The zero-order chi connectivity index (χ0) is 17.5. The number of hydrogen-bond donors (Lipinski definition) is 2. The molecule has 2 N–H and O–H groups in total. The fourth-order valence-corrected chi connectivity index (χ4v) is 3.75. The number of anilines is 2. The maximum Gasteiger partial charge on any atom is 0.265 e. The number of benzene rings is 2. The van der Waals surface area contributed by atoms with E-state index in [9.17, 15) is 13.2 Å². The number of aryl methyl sites for hydroxylation is 2. The Labute approximate surface area is 140 Å². The lowest BCUT2D eigenvalue weighted by Crippen LogP contribution is -2.34. The average molecular weight is 346 g/mol. The van der Waals surface area contributed by atoms with E-state index in [4.69, 9.17) is 4.74 Å². The van der Waals surface area contributed by atoms with Gasteiger partial charge in [0, 0.05) is 0 Å². The molecule has 2 aromatic rings. The lowest BCUT2D eigenvalue weighted by atomic mass is 10.1. The summed E-state index contributed by atoms with van der Waals surface area (Å²) in [5.74, 6) is 0.146. The second kappa shape index (κ2) is 5.83. The number of amides is 1. The van der Waals surface area contributed by atoms with Crippen LogP contribution in [0.15, 0.2) is 41.3 Å². The van der Waals surface area contributed by atoms with Crippen LogP contribution in [0.5, 0.6) is 5.75 Å². The van der Waals surface area contributed by atoms with Gasteiger partial charge >= 0.3 is 0 Å². The predicted molar refractivity (Wildman–Crippen MR) is 91.9 cm³/mol. The first kappa shape index (κ1) is 16.3. The number of fused-ring (bicyclic) bond motifs is 1. The summed E-state index contributed by atoms with van der Waals surface area (Å²) in [6.45, 7) is 5.31. The SMILES string of the molecule is Cc1cccc(C)c1NS(=O)(=O)c1ccc2c(c1)NC(=O)C(C)O2. The van der Waals surface area contributed by atoms with E-state index in [2.05, 4.69) is 10.0 Å². The molecular weight excluding hydrogens is 328 g/mol. The summed E-state index contributed by atoms with van der Waals surface area (Å²) in [7, 11) is -3.78. The molecule has 0 aromatic heterocycles. The number of nitrogens with one attached hydrogen (secondary N) is 2. The number of ether oxygens (including phenoxy) is 1. The highest BCUT2D eigenvalue weighted by Gasteiger charge is 2.26. The molecule has 0 aliphatic carbocycles. The highest BCUT2D eigenvalue weighted by atomic mass is 32.2. The van der Waals surface area contributed by atoms with Crippen LogP contribution in [0.4, 0.5) is 11.4 Å². The highest BCUT2D eigenvalue weighted by Crippen LogP contribution is 2.32. The monoisotopic (exact) mass is 346 g/mol. The molecule has 3 rings (SSSR count). The van der Waals surface area contributed by atoms with Crippen LogP contribution in [-0.2, 0) is 14.8 Å². The van der Waals surface area contributed by atoms with E-state index in [1.54, 1.807) is 13.0 Å². The Morgan fingerprint density at radius 3 is 2.46 bits per heavy atom. The van der Waals surface area contributed by atoms with Crippen molar-refractivity contribution in [2.24, 2.45) is 0 Å². The molecule has 0 saturated carbocycles. The molecule has 0 radical (unpaired) electrons. The van der Waals surface area contributed by atoms with Gasteiger partial charge < -0.3 is 10.1 Å². The molecule has 0 fully saturated rings. The van der Waals surface area contributed by atoms with E-state index in [0.29, 0.717) is 17.1 Å². The second-order valence-corrected chi connectivity index (χ2v) is 7.46. The number of hydrogen-bond acceptors (Lipinski definition) is 4. The van der Waals surface area contributed by atoms with Gasteiger partial charge in [-0.3, -0.25) is 9.52 Å². The molecule has 2 aromatic carbocycles. The Bertz CT molecular complexity index is 902. The maximum atomic E-state index is 12.7. The number of carbonyl (C=O) groups excluding carboxylic acids is 1. The molecule has 1 amide bonds. The minimum atomic E-state index is -3.78. The largest absolute Gasteiger partial charge is 0.479 e. The lowest BCUT2D eigenvalue weighted by Gasteiger charge is -2.23. The third-order valence-electron chi connectivity index (χ3n) is 3.91. The van der Waals surface area contributed by atoms with Crippen molar-refractivity contribution < 1.29 is 17.9 Å². The molecule has 0 spiro atoms. The fourth-order valence-electron chi connectivity index (χ4n) is 2.52. The molecule has 1 aliphatic rings. The summed E-state index contributed by atoms with van der Waals surface area (Å²) in [5, 5.41) is 2.65. The first-order valence-electron chi connectivity index (χ1n) is 7.48. The summed E-state index contributed by atoms with van der Waals surface area (Å²) >= 11 is 0. The molecule has 1 aliphatic heterocycles. The van der Waals surface area contributed by atoms with Crippen molar-refractivity contribution in [3.05, 3.63) is 47.5 Å². The van der Waals surface area contributed by atoms with Crippen LogP contribution in [0.1, 0.15) is 18.1 Å². The predicted octanol–water partition coefficient (Wildman–Crippen LogP) is 2.82. The molecule has 126 valence electrons. The minimum absolute atomic E-state index is 0.0577. The average Bonchev–Trinajstić information content (AvgIpc) is 2.52. The maximum absolute atomic E-state index is 12.7. The Morgan fingerprint density at radius 2 is 1.79 bits per heavy atom. The van der Waals surface area contributed by atoms with E-state index in [0.717, 1.165) is 11.1 Å². The van der Waals surface area contributed by atoms with Crippen LogP contribution in [0, 0.1) is 13.8 Å². The van der Waals surface area contributed by atoms with Crippen molar-refractivity contribution in [1.82, 2.24) is 0 Å². The van der Waals surface area contributed by atoms with Crippen LogP contribution in [-0.4, -0.2) is 20.4 Å². The van der Waals surface area contributed by atoms with E-state index in [-0.39, 0.29) is 10.8 Å². The van der Waals surface area contributed by atoms with Crippen LogP contribution >= 0.6 is 0 Å². The third kappa shape index (κ3) is 2.94. The van der Waals surface area contributed by atoms with Gasteiger partial charge in [-0.1, -0.05) is 18.2 Å². The van der Waals surface area contributed by atoms with Crippen molar-refractivity contribution in [3.63, 3.8) is 0 Å². The van der Waals surface area contributed by atoms with E-state index in [1.165, 1.54) is 12.1 Å². The lowest BCUT2D eigenvalue weighted by molar-refractivity contribution is -0.122. The summed E-state index contributed by atoms with van der Waals surface area (Å²) in [6, 6.07) is 9.95. The van der Waals surface area contributed by atoms with Gasteiger partial charge in [0.15, 0.2) is 6.10 Å². The highest BCUT2D eigenvalue weighted by molar-refractivity contribution is 7.92. The summed E-state index contributed by atoms with van der Waals surface area (Å²) in [5.41, 5.74) is 2.58. The number of sulfonamides is 1. The van der Waals surface area contributed by atoms with Crippen molar-refractivity contribution >= 4 is 27.3 Å². The summed E-state index contributed by atoms with van der Waals surface area (Å²) in [4.78, 5) is 11.8. The van der Waals surface area contributed by atoms with Gasteiger partial charge in [-0.05, 0) is 50.1 Å². The van der Waals surface area contributed by atoms with Gasteiger partial charge in [0.2, 0.25) is 0 Å². The van der Waals surface area contributed by atoms with Gasteiger partial charge in [-0.2, -0.15) is 0 Å². The molecule has 0 bridgehead atoms. The number of rotatable bonds is 3. The van der Waals surface area contributed by atoms with Gasteiger partial charge in [-0.15, -0.1) is 0 Å². The standard InChI is InChI=1S/C17H18N2O4S/c1-10-5-4-6-11(2)16(10)19-24(21,22)13-7-8-15-14(9-13)18-17(20)12(3)23-15/h4-9,12,19H,1-3H3,(H,18,20). The second-order valence-electron chi connectivity index (χ2n) is 5.78. The summed E-state index contributed by atoms with van der Waals surface area (Å²) in [6.07, 6.45) is -0.604. The Morgan fingerprint density at radius 1 is 1.12 bits per heavy atom. The Kier molecular flexibility index (Phi) is 3.96. The zero-order valence-corrected chi connectivity index (χ0v) is 14.4. The van der Waals surface area contributed by atoms with Crippen molar-refractivity contribution in [1.29, 1.82) is 0 Å². The topological polar surface area (TPSA) is 84.5 Å². The Hall–Kier alpha value is -2.54. The van der Waals surface area contributed by atoms with Crippen LogP contribution in [0.2, 0.25) is 0 Å². The Balaban J connectivity index is 1.96. The molecule has 0 saturated heterocycles. The number of para-hydroxylation sites is 1. The van der Waals surface area contributed by atoms with Crippen molar-refractivity contribution in [2.45, 2.75) is 31.8 Å². The van der Waals surface area contributed by atoms with E-state index < -0.39 is 16.1 Å². The number of carbonyl (C=O) groups is 1. The van der Waals surface area contributed by atoms with E-state index >= 15 is 0 Å². The molecule has 7 heteroatoms. The minimum Gasteiger partial charge on any atom is -0.479 e. The molecule has 1 heterocycles. The van der Waals surface area contributed by atoms with Crippen molar-refractivity contribution in [2.75, 3.05) is 10.0 Å². The third-order valence-corrected chi connectivity index (χ3v) is 5.26. The normalized spacial score (nSPS) is 16.8. The van der Waals surface area contributed by atoms with Crippen LogP contribution in [0.25, 0.3) is 0 Å². The van der Waals surface area contributed by atoms with Gasteiger partial charge in [0.25, 0.3) is 15.9 Å². The van der Waals surface area contributed by atoms with Gasteiger partial charge in [0.1, 0.15) is 5.75 Å². The van der Waals surface area contributed by atoms with Crippen LogP contribution < -0.4 is 14.8 Å². The van der Waals surface area contributed by atoms with Crippen LogP contribution in [0.3, 0.4) is 0 Å². The molecule has 1 atom stereocenters. The van der Waals surface area contributed by atoms with Crippen molar-refractivity contribution in [3.8, 4) is 5.75 Å². The van der Waals surface area contributed by atoms with Gasteiger partial charge in [0.05, 0.1) is 16.3 Å². The van der Waals surface area contributed by atoms with E-state index in [1.807, 2.05) is 32.0 Å². The first-order chi connectivity index (χ1) is 11.3. The van der Waals surface area contributed by atoms with Gasteiger partial charge in [-0.25, -0.2) is 8.42 Å². The first-order valence-corrected chi connectivity index (χ1v) is 8.97. The molecule has 1 unspecified atom stereocenters. The zero-order valence-electron chi connectivity index (χ0n) is 13.6. The molecule has 24 heavy (non-hydrogen) atoms. The smallest absolute Gasteiger partial charge is 0.265 e.